The highest BCUT2D eigenvalue weighted by Crippen LogP contribution is 2.34. The third kappa shape index (κ3) is 3.50. The van der Waals surface area contributed by atoms with E-state index in [0.717, 1.165) is 44.6 Å². The van der Waals surface area contributed by atoms with Gasteiger partial charge in [-0.2, -0.15) is 0 Å². The second-order valence-corrected chi connectivity index (χ2v) is 5.45. The molecule has 1 aromatic heterocycles. The molecule has 1 amide bonds. The van der Waals surface area contributed by atoms with E-state index in [-0.39, 0.29) is 11.9 Å². The zero-order valence-corrected chi connectivity index (χ0v) is 12.6. The topological polar surface area (TPSA) is 45.2 Å². The number of likely N-dealkylation sites (tertiary alicyclic amines) is 1. The van der Waals surface area contributed by atoms with Crippen molar-refractivity contribution in [3.8, 4) is 0 Å². The van der Waals surface area contributed by atoms with Crippen molar-refractivity contribution in [2.24, 2.45) is 0 Å². The molecule has 2 heterocycles. The fourth-order valence-corrected chi connectivity index (χ4v) is 2.85. The summed E-state index contributed by atoms with van der Waals surface area (Å²) >= 11 is 0. The van der Waals surface area contributed by atoms with Gasteiger partial charge in [0.25, 0.3) is 0 Å². The van der Waals surface area contributed by atoms with Gasteiger partial charge in [-0.15, -0.1) is 0 Å². The van der Waals surface area contributed by atoms with E-state index in [2.05, 4.69) is 23.3 Å². The number of piperidine rings is 1. The second-order valence-electron chi connectivity index (χ2n) is 5.45. The summed E-state index contributed by atoms with van der Waals surface area (Å²) in [4.78, 5) is 18.3. The van der Waals surface area contributed by atoms with E-state index in [9.17, 15) is 4.79 Å². The molecule has 2 rings (SSSR count). The molecule has 1 atom stereocenters. The van der Waals surface area contributed by atoms with Crippen molar-refractivity contribution in [2.75, 3.05) is 18.4 Å². The largest absolute Gasteiger partial charge is 0.370 e. The predicted molar refractivity (Wildman–Crippen MR) is 81.6 cm³/mol. The van der Waals surface area contributed by atoms with Gasteiger partial charge in [-0.05, 0) is 31.7 Å². The van der Waals surface area contributed by atoms with Gasteiger partial charge in [0.15, 0.2) is 0 Å². The molecule has 4 heteroatoms. The number of carbonyl (C=O) groups excluding carboxylic acids is 1. The number of nitrogens with zero attached hydrogens (tertiary/aromatic N) is 2. The average Bonchev–Trinajstić information content (AvgIpc) is 2.48. The van der Waals surface area contributed by atoms with E-state index in [1.807, 2.05) is 17.2 Å². The summed E-state index contributed by atoms with van der Waals surface area (Å²) in [5, 5.41) is 3.42. The van der Waals surface area contributed by atoms with E-state index in [4.69, 9.17) is 0 Å². The quantitative estimate of drug-likeness (QED) is 0.838. The third-order valence-corrected chi connectivity index (χ3v) is 3.93. The van der Waals surface area contributed by atoms with Crippen molar-refractivity contribution in [3.05, 3.63) is 23.9 Å². The molecule has 1 aromatic rings. The van der Waals surface area contributed by atoms with E-state index in [1.54, 1.807) is 6.92 Å². The summed E-state index contributed by atoms with van der Waals surface area (Å²) < 4.78 is 0. The zero-order valence-electron chi connectivity index (χ0n) is 12.6. The Morgan fingerprint density at radius 2 is 2.35 bits per heavy atom. The normalized spacial score (nSPS) is 18.9. The maximum atomic E-state index is 11.8. The van der Waals surface area contributed by atoms with Crippen LogP contribution in [0, 0.1) is 0 Å². The highest BCUT2D eigenvalue weighted by Gasteiger charge is 2.27. The molecule has 0 saturated carbocycles. The van der Waals surface area contributed by atoms with Crippen LogP contribution in [0.5, 0.6) is 0 Å². The third-order valence-electron chi connectivity index (χ3n) is 3.93. The molecule has 0 aliphatic carbocycles. The Labute approximate surface area is 121 Å². The van der Waals surface area contributed by atoms with Crippen molar-refractivity contribution < 1.29 is 4.79 Å². The molecule has 1 aliphatic heterocycles. The molecule has 1 aliphatic rings. The molecule has 1 saturated heterocycles. The lowest BCUT2D eigenvalue weighted by Crippen LogP contribution is -2.37. The number of carbonyl (C=O) groups is 1. The van der Waals surface area contributed by atoms with Crippen molar-refractivity contribution in [2.45, 2.75) is 52.0 Å². The average molecular weight is 275 g/mol. The number of pyridine rings is 1. The molecule has 110 valence electrons. The van der Waals surface area contributed by atoms with Crippen molar-refractivity contribution in [3.63, 3.8) is 0 Å². The Hall–Kier alpha value is -1.58. The van der Waals surface area contributed by atoms with Crippen LogP contribution in [0.15, 0.2) is 18.3 Å². The molecular weight excluding hydrogens is 250 g/mol. The Morgan fingerprint density at radius 1 is 1.50 bits per heavy atom. The van der Waals surface area contributed by atoms with Crippen LogP contribution in [0.2, 0.25) is 0 Å². The molecule has 1 N–H and O–H groups in total. The summed E-state index contributed by atoms with van der Waals surface area (Å²) in [5.74, 6) is 1.11. The molecule has 0 aromatic carbocycles. The van der Waals surface area contributed by atoms with Crippen LogP contribution in [-0.4, -0.2) is 28.9 Å². The highest BCUT2D eigenvalue weighted by atomic mass is 16.2. The number of amides is 1. The number of aromatic nitrogens is 1. The first-order valence-corrected chi connectivity index (χ1v) is 7.70. The minimum absolute atomic E-state index is 0.165. The fourth-order valence-electron chi connectivity index (χ4n) is 2.85. The fraction of sp³-hybridized carbons (Fsp3) is 0.625. The van der Waals surface area contributed by atoms with Gasteiger partial charge in [-0.25, -0.2) is 4.98 Å². The van der Waals surface area contributed by atoms with Crippen molar-refractivity contribution in [1.82, 2.24) is 9.88 Å². The van der Waals surface area contributed by atoms with Gasteiger partial charge in [0.2, 0.25) is 5.91 Å². The van der Waals surface area contributed by atoms with E-state index in [0.29, 0.717) is 0 Å². The van der Waals surface area contributed by atoms with Crippen LogP contribution in [-0.2, 0) is 4.79 Å². The number of rotatable bonds is 5. The van der Waals surface area contributed by atoms with E-state index >= 15 is 0 Å². The Balaban J connectivity index is 2.19. The molecular formula is C16H25N3O. The molecule has 20 heavy (non-hydrogen) atoms. The van der Waals surface area contributed by atoms with Gasteiger partial charge < -0.3 is 10.2 Å². The summed E-state index contributed by atoms with van der Waals surface area (Å²) in [6, 6.07) is 4.25. The Morgan fingerprint density at radius 3 is 3.10 bits per heavy atom. The van der Waals surface area contributed by atoms with Crippen LogP contribution < -0.4 is 5.32 Å². The summed E-state index contributed by atoms with van der Waals surface area (Å²) in [5.41, 5.74) is 1.17. The van der Waals surface area contributed by atoms with Gasteiger partial charge >= 0.3 is 0 Å². The number of nitrogens with one attached hydrogen (secondary N) is 1. The second kappa shape index (κ2) is 7.27. The molecule has 0 unspecified atom stereocenters. The van der Waals surface area contributed by atoms with Crippen molar-refractivity contribution in [1.29, 1.82) is 0 Å². The van der Waals surface area contributed by atoms with Gasteiger partial charge in [0.05, 0.1) is 6.04 Å². The first kappa shape index (κ1) is 14.8. The van der Waals surface area contributed by atoms with Gasteiger partial charge in [-0.3, -0.25) is 4.79 Å². The van der Waals surface area contributed by atoms with Crippen LogP contribution in [0.4, 0.5) is 5.82 Å². The van der Waals surface area contributed by atoms with E-state index in [1.165, 1.54) is 12.0 Å². The minimum Gasteiger partial charge on any atom is -0.370 e. The Bertz CT molecular complexity index is 447. The Kier molecular flexibility index (Phi) is 5.39. The lowest BCUT2D eigenvalue weighted by molar-refractivity contribution is -0.132. The number of hydrogen-bond acceptors (Lipinski definition) is 3. The maximum Gasteiger partial charge on any atom is 0.219 e. The molecule has 4 nitrogen and oxygen atoms in total. The zero-order chi connectivity index (χ0) is 14.4. The lowest BCUT2D eigenvalue weighted by Gasteiger charge is -2.36. The van der Waals surface area contributed by atoms with Crippen LogP contribution in [0.25, 0.3) is 0 Å². The minimum atomic E-state index is 0.165. The summed E-state index contributed by atoms with van der Waals surface area (Å²) in [7, 11) is 0. The van der Waals surface area contributed by atoms with Crippen LogP contribution in [0.1, 0.15) is 57.6 Å². The van der Waals surface area contributed by atoms with E-state index < -0.39 is 0 Å². The standard InChI is InChI=1S/C16H25N3O/c1-3-4-10-17-16-14(8-7-11-18-16)15-9-5-6-12-19(15)13(2)20/h7-8,11,15H,3-6,9-10,12H2,1-2H3,(H,17,18)/t15-/m0/s1. The van der Waals surface area contributed by atoms with Gasteiger partial charge in [-0.1, -0.05) is 19.4 Å². The molecule has 0 bridgehead atoms. The summed E-state index contributed by atoms with van der Waals surface area (Å²) in [6.07, 6.45) is 7.44. The van der Waals surface area contributed by atoms with Crippen LogP contribution in [0.3, 0.4) is 0 Å². The SMILES string of the molecule is CCCCNc1ncccc1[C@@H]1CCCCN1C(C)=O. The molecule has 0 radical (unpaired) electrons. The lowest BCUT2D eigenvalue weighted by atomic mass is 9.95. The van der Waals surface area contributed by atoms with Gasteiger partial charge in [0.1, 0.15) is 5.82 Å². The molecule has 1 fully saturated rings. The molecule has 0 spiro atoms. The first-order chi connectivity index (χ1) is 9.74. The summed E-state index contributed by atoms with van der Waals surface area (Å²) in [6.45, 7) is 5.65. The highest BCUT2D eigenvalue weighted by molar-refractivity contribution is 5.74. The monoisotopic (exact) mass is 275 g/mol. The maximum absolute atomic E-state index is 11.8. The predicted octanol–water partition coefficient (Wildman–Crippen LogP) is 3.37. The number of unbranched alkanes of at least 4 members (excludes halogenated alkanes) is 1. The first-order valence-electron chi connectivity index (χ1n) is 7.70. The van der Waals surface area contributed by atoms with Gasteiger partial charge in [0, 0.05) is 31.8 Å². The number of hydrogen-bond donors (Lipinski definition) is 1. The van der Waals surface area contributed by atoms with Crippen LogP contribution >= 0.6 is 0 Å². The van der Waals surface area contributed by atoms with Crippen molar-refractivity contribution >= 4 is 11.7 Å². The number of anilines is 1. The smallest absolute Gasteiger partial charge is 0.219 e.